The third kappa shape index (κ3) is 3.38. The molecule has 0 aliphatic heterocycles. The molecule has 0 aliphatic carbocycles. The summed E-state index contributed by atoms with van der Waals surface area (Å²) in [4.78, 5) is 9.82. The minimum atomic E-state index is -4.06. The summed E-state index contributed by atoms with van der Waals surface area (Å²) in [5.41, 5.74) is 0.537. The molecule has 0 radical (unpaired) electrons. The van der Waals surface area contributed by atoms with Crippen LogP contribution in [-0.4, -0.2) is 18.4 Å². The van der Waals surface area contributed by atoms with Gasteiger partial charge in [0, 0.05) is 17.7 Å². The van der Waals surface area contributed by atoms with Gasteiger partial charge >= 0.3 is 0 Å². The third-order valence-electron chi connectivity index (χ3n) is 3.24. The normalized spacial score (nSPS) is 11.3. The lowest BCUT2D eigenvalue weighted by Crippen LogP contribution is -2.14. The van der Waals surface area contributed by atoms with Crippen LogP contribution in [-0.2, 0) is 10.0 Å². The first-order valence-corrected chi connectivity index (χ1v) is 8.25. The van der Waals surface area contributed by atoms with Crippen molar-refractivity contribution < 1.29 is 18.4 Å². The lowest BCUT2D eigenvalue weighted by atomic mass is 10.1. The number of phenolic OH excluding ortho intramolecular Hbond substituents is 1. The van der Waals surface area contributed by atoms with E-state index in [-0.39, 0.29) is 27.0 Å². The summed E-state index contributed by atoms with van der Waals surface area (Å²) in [5.74, 6) is -0.0201. The standard InChI is InChI=1S/C14H13ClN2O5S/c1-8-6-12(13(15)9(2)14(8)18)16-23(21,22)11-5-3-4-10(7-11)17(19)20/h3-7,16,18H,1-2H3. The molecule has 0 heterocycles. The molecular formula is C14H13ClN2O5S. The van der Waals surface area contributed by atoms with E-state index in [9.17, 15) is 23.6 Å². The molecule has 0 aliphatic rings. The van der Waals surface area contributed by atoms with Gasteiger partial charge in [0.1, 0.15) is 5.75 Å². The molecule has 0 unspecified atom stereocenters. The Morgan fingerprint density at radius 2 is 1.91 bits per heavy atom. The fourth-order valence-electron chi connectivity index (χ4n) is 1.99. The molecule has 0 saturated heterocycles. The number of aryl methyl sites for hydroxylation is 1. The lowest BCUT2D eigenvalue weighted by Gasteiger charge is -2.13. The number of non-ortho nitro benzene ring substituents is 1. The van der Waals surface area contributed by atoms with E-state index in [4.69, 9.17) is 11.6 Å². The number of nitrogens with one attached hydrogen (secondary N) is 1. The van der Waals surface area contributed by atoms with E-state index < -0.39 is 14.9 Å². The van der Waals surface area contributed by atoms with Crippen LogP contribution < -0.4 is 4.72 Å². The number of benzene rings is 2. The number of anilines is 1. The number of halogens is 1. The summed E-state index contributed by atoms with van der Waals surface area (Å²) in [6.07, 6.45) is 0. The molecule has 0 amide bonds. The predicted octanol–water partition coefficient (Wildman–Crippen LogP) is 3.37. The quantitative estimate of drug-likeness (QED) is 0.495. The first-order valence-electron chi connectivity index (χ1n) is 6.39. The Hall–Kier alpha value is -2.32. The second-order valence-electron chi connectivity index (χ2n) is 4.89. The summed E-state index contributed by atoms with van der Waals surface area (Å²) in [7, 11) is -4.06. The fourth-order valence-corrected chi connectivity index (χ4v) is 3.34. The number of hydrogen-bond donors (Lipinski definition) is 2. The van der Waals surface area contributed by atoms with E-state index in [1.54, 1.807) is 13.8 Å². The van der Waals surface area contributed by atoms with Crippen LogP contribution in [0.2, 0.25) is 5.02 Å². The smallest absolute Gasteiger partial charge is 0.270 e. The molecule has 23 heavy (non-hydrogen) atoms. The molecule has 2 aromatic carbocycles. The minimum absolute atomic E-state index is 0.0201. The first kappa shape index (κ1) is 17.0. The van der Waals surface area contributed by atoms with Crippen molar-refractivity contribution in [3.05, 3.63) is 56.6 Å². The van der Waals surface area contributed by atoms with E-state index >= 15 is 0 Å². The highest BCUT2D eigenvalue weighted by Crippen LogP contribution is 2.36. The maximum Gasteiger partial charge on any atom is 0.270 e. The van der Waals surface area contributed by atoms with Gasteiger partial charge in [-0.1, -0.05) is 17.7 Å². The highest BCUT2D eigenvalue weighted by molar-refractivity contribution is 7.92. The maximum absolute atomic E-state index is 12.4. The molecule has 0 atom stereocenters. The van der Waals surface area contributed by atoms with Crippen LogP contribution in [0.1, 0.15) is 11.1 Å². The maximum atomic E-state index is 12.4. The zero-order chi connectivity index (χ0) is 17.4. The van der Waals surface area contributed by atoms with E-state index in [0.717, 1.165) is 6.07 Å². The van der Waals surface area contributed by atoms with Crippen molar-refractivity contribution in [2.75, 3.05) is 4.72 Å². The minimum Gasteiger partial charge on any atom is -0.507 e. The van der Waals surface area contributed by atoms with Crippen LogP contribution in [0.4, 0.5) is 11.4 Å². The monoisotopic (exact) mass is 356 g/mol. The number of sulfonamides is 1. The molecule has 0 saturated carbocycles. The van der Waals surface area contributed by atoms with Crippen molar-refractivity contribution in [1.82, 2.24) is 0 Å². The van der Waals surface area contributed by atoms with Crippen LogP contribution in [0.3, 0.4) is 0 Å². The molecular weight excluding hydrogens is 344 g/mol. The Morgan fingerprint density at radius 3 is 2.52 bits per heavy atom. The Balaban J connectivity index is 2.47. The Bertz CT molecular complexity index is 896. The zero-order valence-corrected chi connectivity index (χ0v) is 13.8. The van der Waals surface area contributed by atoms with Crippen LogP contribution >= 0.6 is 11.6 Å². The number of nitrogens with zero attached hydrogens (tertiary/aromatic N) is 1. The zero-order valence-electron chi connectivity index (χ0n) is 12.2. The summed E-state index contributed by atoms with van der Waals surface area (Å²) < 4.78 is 27.0. The fraction of sp³-hybridized carbons (Fsp3) is 0.143. The van der Waals surface area contributed by atoms with Crippen molar-refractivity contribution in [3.63, 3.8) is 0 Å². The largest absolute Gasteiger partial charge is 0.507 e. The number of nitro groups is 1. The molecule has 0 spiro atoms. The Kier molecular flexibility index (Phi) is 4.49. The van der Waals surface area contributed by atoms with Crippen molar-refractivity contribution in [1.29, 1.82) is 0 Å². The molecule has 2 aromatic rings. The Labute approximate surface area is 137 Å². The summed E-state index contributed by atoms with van der Waals surface area (Å²) in [6.45, 7) is 3.15. The number of hydrogen-bond acceptors (Lipinski definition) is 5. The van der Waals surface area contributed by atoms with Crippen molar-refractivity contribution >= 4 is 33.0 Å². The van der Waals surface area contributed by atoms with Gasteiger partial charge in [-0.25, -0.2) is 8.42 Å². The van der Waals surface area contributed by atoms with Gasteiger partial charge in [-0.05, 0) is 31.5 Å². The first-order chi connectivity index (χ1) is 10.6. The summed E-state index contributed by atoms with van der Waals surface area (Å²) in [6, 6.07) is 6.06. The van der Waals surface area contributed by atoms with E-state index in [0.29, 0.717) is 11.1 Å². The van der Waals surface area contributed by atoms with Gasteiger partial charge in [0.25, 0.3) is 15.7 Å². The highest BCUT2D eigenvalue weighted by Gasteiger charge is 2.20. The molecule has 9 heteroatoms. The van der Waals surface area contributed by atoms with Crippen LogP contribution in [0.5, 0.6) is 5.75 Å². The van der Waals surface area contributed by atoms with Gasteiger partial charge < -0.3 is 5.11 Å². The molecule has 0 bridgehead atoms. The predicted molar refractivity (Wildman–Crippen MR) is 86.5 cm³/mol. The van der Waals surface area contributed by atoms with Gasteiger partial charge in [0.05, 0.1) is 20.5 Å². The Morgan fingerprint density at radius 1 is 1.26 bits per heavy atom. The van der Waals surface area contributed by atoms with Crippen molar-refractivity contribution in [3.8, 4) is 5.75 Å². The van der Waals surface area contributed by atoms with E-state index in [2.05, 4.69) is 4.72 Å². The number of nitro benzene ring substituents is 1. The average Bonchev–Trinajstić information content (AvgIpc) is 2.50. The molecule has 122 valence electrons. The molecule has 2 rings (SSSR count). The summed E-state index contributed by atoms with van der Waals surface area (Å²) >= 11 is 6.05. The second kappa shape index (κ2) is 6.05. The van der Waals surface area contributed by atoms with Crippen LogP contribution in [0.15, 0.2) is 35.2 Å². The molecule has 7 nitrogen and oxygen atoms in total. The lowest BCUT2D eigenvalue weighted by molar-refractivity contribution is -0.385. The van der Waals surface area contributed by atoms with Gasteiger partial charge in [-0.15, -0.1) is 0 Å². The number of phenols is 1. The molecule has 2 N–H and O–H groups in total. The topological polar surface area (TPSA) is 110 Å². The highest BCUT2D eigenvalue weighted by atomic mass is 35.5. The molecule has 0 fully saturated rings. The average molecular weight is 357 g/mol. The van der Waals surface area contributed by atoms with Crippen molar-refractivity contribution in [2.45, 2.75) is 18.7 Å². The molecule has 0 aromatic heterocycles. The van der Waals surface area contributed by atoms with Gasteiger partial charge in [-0.2, -0.15) is 0 Å². The summed E-state index contributed by atoms with van der Waals surface area (Å²) in [5, 5.41) is 20.6. The van der Waals surface area contributed by atoms with Crippen LogP contribution in [0, 0.1) is 24.0 Å². The number of rotatable bonds is 4. The SMILES string of the molecule is Cc1cc(NS(=O)(=O)c2cccc([N+](=O)[O-])c2)c(Cl)c(C)c1O. The van der Waals surface area contributed by atoms with Crippen molar-refractivity contribution in [2.24, 2.45) is 0 Å². The van der Waals surface area contributed by atoms with E-state index in [1.165, 1.54) is 24.3 Å². The number of aromatic hydroxyl groups is 1. The van der Waals surface area contributed by atoms with Gasteiger partial charge in [-0.3, -0.25) is 14.8 Å². The van der Waals surface area contributed by atoms with Gasteiger partial charge in [0.15, 0.2) is 0 Å². The van der Waals surface area contributed by atoms with Gasteiger partial charge in [0.2, 0.25) is 0 Å². The van der Waals surface area contributed by atoms with Crippen LogP contribution in [0.25, 0.3) is 0 Å². The van der Waals surface area contributed by atoms with E-state index in [1.807, 2.05) is 0 Å². The third-order valence-corrected chi connectivity index (χ3v) is 5.09. The second-order valence-corrected chi connectivity index (χ2v) is 6.95.